The Labute approximate surface area is 154 Å². The van der Waals surface area contributed by atoms with Gasteiger partial charge in [0.2, 0.25) is 0 Å². The van der Waals surface area contributed by atoms with Gasteiger partial charge in [-0.2, -0.15) is 5.10 Å². The maximum atomic E-state index is 11.8. The van der Waals surface area contributed by atoms with Crippen LogP contribution in [-0.4, -0.2) is 25.3 Å². The summed E-state index contributed by atoms with van der Waals surface area (Å²) < 4.78 is 6.59. The normalized spacial score (nSPS) is 10.4. The molecule has 0 saturated carbocycles. The molecule has 2 rings (SSSR count). The van der Waals surface area contributed by atoms with Crippen molar-refractivity contribution in [2.24, 2.45) is 5.10 Å². The van der Waals surface area contributed by atoms with Crippen LogP contribution in [0.5, 0.6) is 5.75 Å². The Morgan fingerprint density at radius 1 is 1.25 bits per heavy atom. The van der Waals surface area contributed by atoms with Gasteiger partial charge in [-0.1, -0.05) is 24.8 Å². The Morgan fingerprint density at radius 3 is 2.79 bits per heavy atom. The van der Waals surface area contributed by atoms with Crippen molar-refractivity contribution in [3.05, 3.63) is 70.3 Å². The van der Waals surface area contributed by atoms with Gasteiger partial charge in [-0.3, -0.25) is 4.79 Å². The maximum Gasteiger partial charge on any atom is 0.259 e. The SMILES string of the molecule is C=CCOc1cccc(/C=N\NC(=O)CNc2ccc(I)cc2)c1. The quantitative estimate of drug-likeness (QED) is 0.289. The zero-order chi connectivity index (χ0) is 17.2. The average molecular weight is 435 g/mol. The molecule has 2 aromatic carbocycles. The van der Waals surface area contributed by atoms with Crippen molar-refractivity contribution in [1.29, 1.82) is 0 Å². The van der Waals surface area contributed by atoms with Crippen molar-refractivity contribution >= 4 is 40.4 Å². The van der Waals surface area contributed by atoms with Crippen LogP contribution in [0.2, 0.25) is 0 Å². The first-order valence-corrected chi connectivity index (χ1v) is 8.40. The zero-order valence-electron chi connectivity index (χ0n) is 13.0. The van der Waals surface area contributed by atoms with Crippen LogP contribution in [0.15, 0.2) is 66.3 Å². The first-order valence-electron chi connectivity index (χ1n) is 7.32. The number of ether oxygens (including phenoxy) is 1. The summed E-state index contributed by atoms with van der Waals surface area (Å²) in [5.41, 5.74) is 4.21. The summed E-state index contributed by atoms with van der Waals surface area (Å²) in [4.78, 5) is 11.8. The molecular formula is C18H18IN3O2. The van der Waals surface area contributed by atoms with Gasteiger partial charge in [0.1, 0.15) is 12.4 Å². The van der Waals surface area contributed by atoms with Gasteiger partial charge in [0.25, 0.3) is 5.91 Å². The van der Waals surface area contributed by atoms with E-state index in [1.54, 1.807) is 12.3 Å². The average Bonchev–Trinajstić information content (AvgIpc) is 2.60. The monoisotopic (exact) mass is 435 g/mol. The number of nitrogens with zero attached hydrogens (tertiary/aromatic N) is 1. The Morgan fingerprint density at radius 2 is 2.04 bits per heavy atom. The lowest BCUT2D eigenvalue weighted by Gasteiger charge is -2.05. The van der Waals surface area contributed by atoms with Crippen molar-refractivity contribution in [2.75, 3.05) is 18.5 Å². The number of carbonyl (C=O) groups excluding carboxylic acids is 1. The number of halogens is 1. The smallest absolute Gasteiger partial charge is 0.259 e. The molecule has 2 aromatic rings. The first kappa shape index (κ1) is 18.0. The van der Waals surface area contributed by atoms with Crippen molar-refractivity contribution in [2.45, 2.75) is 0 Å². The number of hydrogen-bond acceptors (Lipinski definition) is 4. The summed E-state index contributed by atoms with van der Waals surface area (Å²) in [6, 6.07) is 15.2. The number of hydrazone groups is 1. The molecule has 0 spiro atoms. The van der Waals surface area contributed by atoms with Gasteiger partial charge in [-0.05, 0) is 64.6 Å². The van der Waals surface area contributed by atoms with E-state index in [0.29, 0.717) is 6.61 Å². The summed E-state index contributed by atoms with van der Waals surface area (Å²) in [7, 11) is 0. The van der Waals surface area contributed by atoms with Crippen LogP contribution >= 0.6 is 22.6 Å². The highest BCUT2D eigenvalue weighted by molar-refractivity contribution is 14.1. The van der Waals surface area contributed by atoms with Gasteiger partial charge in [0, 0.05) is 9.26 Å². The minimum atomic E-state index is -0.219. The molecule has 0 aliphatic carbocycles. The molecule has 0 bridgehead atoms. The van der Waals surface area contributed by atoms with E-state index in [2.05, 4.69) is 45.0 Å². The fourth-order valence-corrected chi connectivity index (χ4v) is 2.17. The lowest BCUT2D eigenvalue weighted by atomic mass is 10.2. The van der Waals surface area contributed by atoms with Crippen LogP contribution < -0.4 is 15.5 Å². The van der Waals surface area contributed by atoms with E-state index in [9.17, 15) is 4.79 Å². The predicted molar refractivity (Wildman–Crippen MR) is 106 cm³/mol. The van der Waals surface area contributed by atoms with Crippen molar-refractivity contribution in [3.63, 3.8) is 0 Å². The minimum Gasteiger partial charge on any atom is -0.490 e. The molecular weight excluding hydrogens is 417 g/mol. The molecule has 0 radical (unpaired) electrons. The number of rotatable bonds is 8. The van der Waals surface area contributed by atoms with Gasteiger partial charge in [0.05, 0.1) is 12.8 Å². The second-order valence-corrected chi connectivity index (χ2v) is 6.07. The standard InChI is InChI=1S/C18H18IN3O2/c1-2-10-24-17-5-3-4-14(11-17)12-21-22-18(23)13-20-16-8-6-15(19)7-9-16/h2-9,11-12,20H,1,10,13H2,(H,22,23)/b21-12-. The van der Waals surface area contributed by atoms with Crippen LogP contribution in [0.4, 0.5) is 5.69 Å². The topological polar surface area (TPSA) is 62.7 Å². The molecule has 24 heavy (non-hydrogen) atoms. The lowest BCUT2D eigenvalue weighted by molar-refractivity contribution is -0.119. The van der Waals surface area contributed by atoms with Crippen molar-refractivity contribution in [1.82, 2.24) is 5.43 Å². The summed E-state index contributed by atoms with van der Waals surface area (Å²) >= 11 is 2.23. The van der Waals surface area contributed by atoms with Crippen molar-refractivity contribution < 1.29 is 9.53 Å². The van der Waals surface area contributed by atoms with E-state index >= 15 is 0 Å². The molecule has 0 unspecified atom stereocenters. The van der Waals surface area contributed by atoms with Gasteiger partial charge >= 0.3 is 0 Å². The Bertz CT molecular complexity index is 714. The summed E-state index contributed by atoms with van der Waals surface area (Å²) in [5.74, 6) is 0.509. The molecule has 0 heterocycles. The maximum absolute atomic E-state index is 11.8. The molecule has 6 heteroatoms. The summed E-state index contributed by atoms with van der Waals surface area (Å²) in [6.07, 6.45) is 3.26. The van der Waals surface area contributed by atoms with E-state index < -0.39 is 0 Å². The molecule has 0 aliphatic heterocycles. The van der Waals surface area contributed by atoms with Gasteiger partial charge < -0.3 is 10.1 Å². The molecule has 0 fully saturated rings. The molecule has 0 atom stereocenters. The number of anilines is 1. The third kappa shape index (κ3) is 6.41. The first-order chi connectivity index (χ1) is 11.7. The largest absolute Gasteiger partial charge is 0.490 e. The predicted octanol–water partition coefficient (Wildman–Crippen LogP) is 3.42. The fourth-order valence-electron chi connectivity index (χ4n) is 1.81. The second kappa shape index (κ2) is 9.71. The van der Waals surface area contributed by atoms with Crippen LogP contribution in [0.3, 0.4) is 0 Å². The third-order valence-corrected chi connectivity index (χ3v) is 3.65. The zero-order valence-corrected chi connectivity index (χ0v) is 15.2. The van der Waals surface area contributed by atoms with E-state index in [-0.39, 0.29) is 12.5 Å². The Kier molecular flexibility index (Phi) is 7.28. The highest BCUT2D eigenvalue weighted by Gasteiger charge is 1.99. The second-order valence-electron chi connectivity index (χ2n) is 4.83. The Hall–Kier alpha value is -2.35. The van der Waals surface area contributed by atoms with Gasteiger partial charge in [-0.15, -0.1) is 0 Å². The number of benzene rings is 2. The molecule has 1 amide bonds. The van der Waals surface area contributed by atoms with Crippen LogP contribution in [0.25, 0.3) is 0 Å². The molecule has 0 aliphatic rings. The highest BCUT2D eigenvalue weighted by Crippen LogP contribution is 2.12. The van der Waals surface area contributed by atoms with E-state index in [0.717, 1.165) is 20.6 Å². The summed E-state index contributed by atoms with van der Waals surface area (Å²) in [6.45, 7) is 4.20. The van der Waals surface area contributed by atoms with E-state index in [1.165, 1.54) is 0 Å². The van der Waals surface area contributed by atoms with Crippen LogP contribution in [0.1, 0.15) is 5.56 Å². The molecule has 0 aromatic heterocycles. The Balaban J connectivity index is 1.79. The lowest BCUT2D eigenvalue weighted by Crippen LogP contribution is -2.25. The minimum absolute atomic E-state index is 0.153. The molecule has 124 valence electrons. The van der Waals surface area contributed by atoms with Crippen LogP contribution in [-0.2, 0) is 4.79 Å². The summed E-state index contributed by atoms with van der Waals surface area (Å²) in [5, 5.41) is 6.98. The number of carbonyl (C=O) groups is 1. The van der Waals surface area contributed by atoms with Gasteiger partial charge in [-0.25, -0.2) is 5.43 Å². The van der Waals surface area contributed by atoms with Crippen LogP contribution in [0, 0.1) is 3.57 Å². The molecule has 0 saturated heterocycles. The number of amides is 1. The highest BCUT2D eigenvalue weighted by atomic mass is 127. The van der Waals surface area contributed by atoms with Crippen molar-refractivity contribution in [3.8, 4) is 5.75 Å². The van der Waals surface area contributed by atoms with Gasteiger partial charge in [0.15, 0.2) is 0 Å². The number of hydrogen-bond donors (Lipinski definition) is 2. The van der Waals surface area contributed by atoms with E-state index in [4.69, 9.17) is 4.74 Å². The number of nitrogens with one attached hydrogen (secondary N) is 2. The molecule has 2 N–H and O–H groups in total. The third-order valence-electron chi connectivity index (χ3n) is 2.93. The van der Waals surface area contributed by atoms with E-state index in [1.807, 2.05) is 48.5 Å². The fraction of sp³-hybridized carbons (Fsp3) is 0.111. The molecule has 5 nitrogen and oxygen atoms in total.